The maximum Gasteiger partial charge on any atom is 0.242 e. The highest BCUT2D eigenvalue weighted by Crippen LogP contribution is 2.36. The fourth-order valence-corrected chi connectivity index (χ4v) is 3.74. The van der Waals surface area contributed by atoms with E-state index in [4.69, 9.17) is 0 Å². The quantitative estimate of drug-likeness (QED) is 0.523. The van der Waals surface area contributed by atoms with Gasteiger partial charge in [0.2, 0.25) is 5.91 Å². The number of hydrogen-bond donors (Lipinski definition) is 1. The topological polar surface area (TPSA) is 29.1 Å². The van der Waals surface area contributed by atoms with Crippen molar-refractivity contribution in [1.29, 1.82) is 0 Å². The smallest absolute Gasteiger partial charge is 0.242 e. The first-order chi connectivity index (χ1) is 12.6. The molecule has 1 N–H and O–H groups in total. The number of rotatable bonds is 6. The van der Waals surface area contributed by atoms with Crippen molar-refractivity contribution in [3.05, 3.63) is 96.1 Å². The van der Waals surface area contributed by atoms with Gasteiger partial charge in [-0.25, -0.2) is 0 Å². The number of anilines is 1. The van der Waals surface area contributed by atoms with Crippen molar-refractivity contribution in [2.45, 2.75) is 29.9 Å². The zero-order valence-electron chi connectivity index (χ0n) is 15.1. The van der Waals surface area contributed by atoms with Gasteiger partial charge < -0.3 is 5.32 Å². The second kappa shape index (κ2) is 8.72. The molecular formula is C23H23NOS. The Morgan fingerprint density at radius 3 is 1.92 bits per heavy atom. The van der Waals surface area contributed by atoms with Crippen LogP contribution in [0.5, 0.6) is 0 Å². The van der Waals surface area contributed by atoms with Gasteiger partial charge in [-0.05, 0) is 41.3 Å². The number of carbonyl (C=O) groups is 1. The minimum absolute atomic E-state index is 0.0117. The van der Waals surface area contributed by atoms with Crippen molar-refractivity contribution in [3.8, 4) is 0 Å². The minimum Gasteiger partial charge on any atom is -0.325 e. The lowest BCUT2D eigenvalue weighted by atomic mass is 10.0. The third-order valence-corrected chi connectivity index (χ3v) is 5.45. The summed E-state index contributed by atoms with van der Waals surface area (Å²) in [5.74, 6) is 0.466. The van der Waals surface area contributed by atoms with E-state index in [0.717, 1.165) is 16.1 Å². The van der Waals surface area contributed by atoms with E-state index in [1.807, 2.05) is 72.8 Å². The monoisotopic (exact) mass is 361 g/mol. The molecule has 1 atom stereocenters. The van der Waals surface area contributed by atoms with Crippen molar-refractivity contribution in [3.63, 3.8) is 0 Å². The normalized spacial score (nSPS) is 12.0. The first-order valence-corrected chi connectivity index (χ1v) is 9.69. The van der Waals surface area contributed by atoms with Crippen LogP contribution in [0.15, 0.2) is 89.8 Å². The van der Waals surface area contributed by atoms with Crippen molar-refractivity contribution in [1.82, 2.24) is 0 Å². The summed E-state index contributed by atoms with van der Waals surface area (Å²) in [6.45, 7) is 4.32. The lowest BCUT2D eigenvalue weighted by Gasteiger charge is -2.17. The maximum absolute atomic E-state index is 13.0. The summed E-state index contributed by atoms with van der Waals surface area (Å²) in [6, 6.07) is 28.0. The highest BCUT2D eigenvalue weighted by Gasteiger charge is 2.22. The SMILES string of the molecule is CC(C)c1ccc(NC(=O)C(Sc2ccccc2)c2ccccc2)cc1. The largest absolute Gasteiger partial charge is 0.325 e. The molecule has 3 rings (SSSR count). The number of hydrogen-bond acceptors (Lipinski definition) is 2. The highest BCUT2D eigenvalue weighted by atomic mass is 32.2. The van der Waals surface area contributed by atoms with E-state index in [1.165, 1.54) is 5.56 Å². The summed E-state index contributed by atoms with van der Waals surface area (Å²) in [4.78, 5) is 14.1. The Bertz CT molecular complexity index is 829. The van der Waals surface area contributed by atoms with Crippen LogP contribution in [0.25, 0.3) is 0 Å². The molecule has 0 bridgehead atoms. The molecule has 0 aromatic heterocycles. The van der Waals surface area contributed by atoms with Gasteiger partial charge in [-0.2, -0.15) is 0 Å². The fourth-order valence-electron chi connectivity index (χ4n) is 2.70. The summed E-state index contributed by atoms with van der Waals surface area (Å²) in [7, 11) is 0. The number of nitrogens with one attached hydrogen (secondary N) is 1. The van der Waals surface area contributed by atoms with E-state index in [-0.39, 0.29) is 11.2 Å². The molecule has 3 aromatic rings. The standard InChI is InChI=1S/C23H23NOS/c1-17(2)18-13-15-20(16-14-18)24-23(25)22(19-9-5-3-6-10-19)26-21-11-7-4-8-12-21/h3-17,22H,1-2H3,(H,24,25). The lowest BCUT2D eigenvalue weighted by Crippen LogP contribution is -2.19. The van der Waals surface area contributed by atoms with Gasteiger partial charge in [0.25, 0.3) is 0 Å². The second-order valence-electron chi connectivity index (χ2n) is 6.49. The molecule has 0 heterocycles. The van der Waals surface area contributed by atoms with Crippen molar-refractivity contribution in [2.75, 3.05) is 5.32 Å². The molecule has 0 saturated heterocycles. The molecule has 1 unspecified atom stereocenters. The van der Waals surface area contributed by atoms with Crippen molar-refractivity contribution < 1.29 is 4.79 Å². The molecule has 0 fully saturated rings. The molecule has 3 heteroatoms. The predicted molar refractivity (Wildman–Crippen MR) is 111 cm³/mol. The molecule has 2 nitrogen and oxygen atoms in total. The Kier molecular flexibility index (Phi) is 6.13. The average Bonchev–Trinajstić information content (AvgIpc) is 2.68. The van der Waals surface area contributed by atoms with Crippen LogP contribution in [0.1, 0.15) is 36.1 Å². The van der Waals surface area contributed by atoms with Gasteiger partial charge >= 0.3 is 0 Å². The van der Waals surface area contributed by atoms with Gasteiger partial charge in [-0.3, -0.25) is 4.79 Å². The van der Waals surface area contributed by atoms with Crippen LogP contribution in [0.3, 0.4) is 0 Å². The first kappa shape index (κ1) is 18.3. The molecular weight excluding hydrogens is 338 g/mol. The Labute approximate surface area is 159 Å². The number of carbonyl (C=O) groups excluding carboxylic acids is 1. The maximum atomic E-state index is 13.0. The Hall–Kier alpha value is -2.52. The number of benzene rings is 3. The molecule has 0 aliphatic rings. The average molecular weight is 362 g/mol. The van der Waals surface area contributed by atoms with Crippen LogP contribution in [-0.4, -0.2) is 5.91 Å². The molecule has 0 saturated carbocycles. The van der Waals surface area contributed by atoms with Crippen LogP contribution >= 0.6 is 11.8 Å². The van der Waals surface area contributed by atoms with E-state index in [2.05, 4.69) is 31.3 Å². The second-order valence-corrected chi connectivity index (χ2v) is 7.67. The molecule has 132 valence electrons. The summed E-state index contributed by atoms with van der Waals surface area (Å²) in [5.41, 5.74) is 3.09. The van der Waals surface area contributed by atoms with Gasteiger partial charge in [0.05, 0.1) is 0 Å². The van der Waals surface area contributed by atoms with Crippen molar-refractivity contribution in [2.24, 2.45) is 0 Å². The molecule has 1 amide bonds. The van der Waals surface area contributed by atoms with Crippen LogP contribution in [0.4, 0.5) is 5.69 Å². The Morgan fingerprint density at radius 2 is 1.35 bits per heavy atom. The first-order valence-electron chi connectivity index (χ1n) is 8.81. The van der Waals surface area contributed by atoms with E-state index < -0.39 is 0 Å². The van der Waals surface area contributed by atoms with Crippen LogP contribution in [0, 0.1) is 0 Å². The van der Waals surface area contributed by atoms with E-state index >= 15 is 0 Å². The van der Waals surface area contributed by atoms with Crippen LogP contribution < -0.4 is 5.32 Å². The van der Waals surface area contributed by atoms with Crippen LogP contribution in [-0.2, 0) is 4.79 Å². The zero-order valence-corrected chi connectivity index (χ0v) is 15.9. The Balaban J connectivity index is 1.80. The summed E-state index contributed by atoms with van der Waals surface area (Å²) < 4.78 is 0. The third kappa shape index (κ3) is 4.77. The van der Waals surface area contributed by atoms with Gasteiger partial charge in [0.15, 0.2) is 0 Å². The third-order valence-electron chi connectivity index (χ3n) is 4.18. The van der Waals surface area contributed by atoms with E-state index in [9.17, 15) is 4.79 Å². The molecule has 26 heavy (non-hydrogen) atoms. The van der Waals surface area contributed by atoms with Crippen LogP contribution in [0.2, 0.25) is 0 Å². The summed E-state index contributed by atoms with van der Waals surface area (Å²) >= 11 is 1.57. The fraction of sp³-hybridized carbons (Fsp3) is 0.174. The molecule has 0 aliphatic carbocycles. The number of amides is 1. The predicted octanol–water partition coefficient (Wildman–Crippen LogP) is 6.28. The van der Waals surface area contributed by atoms with Gasteiger partial charge in [0, 0.05) is 10.6 Å². The summed E-state index contributed by atoms with van der Waals surface area (Å²) in [6.07, 6.45) is 0. The van der Waals surface area contributed by atoms with E-state index in [0.29, 0.717) is 5.92 Å². The zero-order chi connectivity index (χ0) is 18.4. The van der Waals surface area contributed by atoms with Gasteiger partial charge in [-0.1, -0.05) is 74.5 Å². The molecule has 3 aromatic carbocycles. The Morgan fingerprint density at radius 1 is 0.769 bits per heavy atom. The lowest BCUT2D eigenvalue weighted by molar-refractivity contribution is -0.115. The van der Waals surface area contributed by atoms with Crippen molar-refractivity contribution >= 4 is 23.4 Å². The minimum atomic E-state index is -0.302. The molecule has 0 spiro atoms. The highest BCUT2D eigenvalue weighted by molar-refractivity contribution is 8.00. The van der Waals surface area contributed by atoms with Gasteiger partial charge in [0.1, 0.15) is 5.25 Å². The number of thioether (sulfide) groups is 1. The molecule has 0 radical (unpaired) electrons. The molecule has 0 aliphatic heterocycles. The van der Waals surface area contributed by atoms with E-state index in [1.54, 1.807) is 11.8 Å². The van der Waals surface area contributed by atoms with Gasteiger partial charge in [-0.15, -0.1) is 11.8 Å². The summed E-state index contributed by atoms with van der Waals surface area (Å²) in [5, 5.41) is 2.76.